The van der Waals surface area contributed by atoms with Gasteiger partial charge >= 0.3 is 0 Å². The Morgan fingerprint density at radius 1 is 1.13 bits per heavy atom. The molecule has 1 nitrogen and oxygen atoms in total. The average Bonchev–Trinajstić information content (AvgIpc) is 2.18. The molecule has 0 radical (unpaired) electrons. The van der Waals surface area contributed by atoms with Crippen LogP contribution in [0.4, 0.5) is 13.2 Å². The lowest BCUT2D eigenvalue weighted by Crippen LogP contribution is -2.31. The summed E-state index contributed by atoms with van der Waals surface area (Å²) >= 11 is 0. The first-order valence-electron chi connectivity index (χ1n) is 4.98. The second-order valence-corrected chi connectivity index (χ2v) is 3.94. The van der Waals surface area contributed by atoms with Gasteiger partial charge in [-0.25, -0.2) is 13.2 Å². The number of hydrogen-bond donors (Lipinski definition) is 1. The Morgan fingerprint density at radius 3 is 2.40 bits per heavy atom. The Bertz CT molecular complexity index is 376. The highest BCUT2D eigenvalue weighted by atomic mass is 19.2. The van der Waals surface area contributed by atoms with Crippen LogP contribution in [0.25, 0.3) is 0 Å². The first kappa shape index (κ1) is 10.5. The third kappa shape index (κ3) is 1.63. The molecule has 1 aromatic rings. The van der Waals surface area contributed by atoms with Gasteiger partial charge < -0.3 is 5.73 Å². The lowest BCUT2D eigenvalue weighted by atomic mass is 9.70. The van der Waals surface area contributed by atoms with Crippen LogP contribution in [0, 0.1) is 23.4 Å². The molecule has 1 fully saturated rings. The van der Waals surface area contributed by atoms with Crippen LogP contribution < -0.4 is 5.73 Å². The minimum Gasteiger partial charge on any atom is -0.330 e. The number of halogens is 3. The van der Waals surface area contributed by atoms with Crippen LogP contribution in [-0.4, -0.2) is 6.54 Å². The molecule has 4 heteroatoms. The Morgan fingerprint density at radius 2 is 1.87 bits per heavy atom. The molecule has 0 saturated heterocycles. The first-order chi connectivity index (χ1) is 7.15. The van der Waals surface area contributed by atoms with E-state index >= 15 is 0 Å². The summed E-state index contributed by atoms with van der Waals surface area (Å²) in [7, 11) is 0. The van der Waals surface area contributed by atoms with Crippen molar-refractivity contribution in [3.05, 3.63) is 35.1 Å². The molecular weight excluding hydrogens is 203 g/mol. The van der Waals surface area contributed by atoms with Crippen LogP contribution in [-0.2, 0) is 0 Å². The largest absolute Gasteiger partial charge is 0.330 e. The summed E-state index contributed by atoms with van der Waals surface area (Å²) in [5.41, 5.74) is 5.75. The predicted molar refractivity (Wildman–Crippen MR) is 50.8 cm³/mol. The van der Waals surface area contributed by atoms with E-state index in [2.05, 4.69) is 0 Å². The van der Waals surface area contributed by atoms with Crippen molar-refractivity contribution in [1.29, 1.82) is 0 Å². The zero-order valence-electron chi connectivity index (χ0n) is 8.14. The molecule has 0 amide bonds. The Balaban J connectivity index is 2.33. The second kappa shape index (κ2) is 3.85. The quantitative estimate of drug-likeness (QED) is 0.754. The fraction of sp³-hybridized carbons (Fsp3) is 0.455. The van der Waals surface area contributed by atoms with Gasteiger partial charge in [0.25, 0.3) is 0 Å². The number of nitrogens with two attached hydrogens (primary N) is 1. The molecule has 0 heterocycles. The molecule has 0 bridgehead atoms. The SMILES string of the molecule is NCC1CCC1c1ccc(F)c(F)c1F. The molecule has 2 N–H and O–H groups in total. The van der Waals surface area contributed by atoms with Crippen LogP contribution in [0.1, 0.15) is 24.3 Å². The molecule has 0 aromatic heterocycles. The standard InChI is InChI=1S/C11H12F3N/c12-9-4-3-8(10(13)11(9)14)7-2-1-6(7)5-15/h3-4,6-7H,1-2,5,15H2. The zero-order valence-corrected chi connectivity index (χ0v) is 8.14. The highest BCUT2D eigenvalue weighted by molar-refractivity contribution is 5.26. The summed E-state index contributed by atoms with van der Waals surface area (Å²) < 4.78 is 39.0. The van der Waals surface area contributed by atoms with E-state index in [4.69, 9.17) is 5.73 Å². The summed E-state index contributed by atoms with van der Waals surface area (Å²) in [6.07, 6.45) is 1.73. The van der Waals surface area contributed by atoms with Gasteiger partial charge in [-0.15, -0.1) is 0 Å². The average molecular weight is 215 g/mol. The van der Waals surface area contributed by atoms with E-state index in [9.17, 15) is 13.2 Å². The number of rotatable bonds is 2. The number of hydrogen-bond acceptors (Lipinski definition) is 1. The van der Waals surface area contributed by atoms with Crippen molar-refractivity contribution in [2.45, 2.75) is 18.8 Å². The van der Waals surface area contributed by atoms with E-state index in [0.29, 0.717) is 6.54 Å². The fourth-order valence-electron chi connectivity index (χ4n) is 2.09. The molecule has 1 saturated carbocycles. The van der Waals surface area contributed by atoms with Gasteiger partial charge in [0.1, 0.15) is 0 Å². The van der Waals surface area contributed by atoms with Crippen LogP contribution in [0.15, 0.2) is 12.1 Å². The summed E-state index contributed by atoms with van der Waals surface area (Å²) in [5, 5.41) is 0. The van der Waals surface area contributed by atoms with Crippen molar-refractivity contribution in [3.8, 4) is 0 Å². The molecule has 2 unspecified atom stereocenters. The summed E-state index contributed by atoms with van der Waals surface area (Å²) in [6.45, 7) is 0.461. The first-order valence-corrected chi connectivity index (χ1v) is 4.98. The Labute approximate surface area is 86.1 Å². The van der Waals surface area contributed by atoms with Gasteiger partial charge in [0.15, 0.2) is 17.5 Å². The molecule has 1 aromatic carbocycles. The van der Waals surface area contributed by atoms with E-state index in [-0.39, 0.29) is 17.4 Å². The van der Waals surface area contributed by atoms with E-state index in [1.165, 1.54) is 6.07 Å². The maximum atomic E-state index is 13.4. The van der Waals surface area contributed by atoms with Crippen LogP contribution >= 0.6 is 0 Å². The van der Waals surface area contributed by atoms with E-state index < -0.39 is 17.5 Å². The van der Waals surface area contributed by atoms with Crippen molar-refractivity contribution in [1.82, 2.24) is 0 Å². The van der Waals surface area contributed by atoms with Gasteiger partial charge in [-0.05, 0) is 42.9 Å². The molecule has 15 heavy (non-hydrogen) atoms. The molecule has 0 aliphatic heterocycles. The van der Waals surface area contributed by atoms with Crippen molar-refractivity contribution in [2.75, 3.05) is 6.54 Å². The monoisotopic (exact) mass is 215 g/mol. The third-order valence-electron chi connectivity index (χ3n) is 3.18. The number of benzene rings is 1. The Hall–Kier alpha value is -1.03. The van der Waals surface area contributed by atoms with Gasteiger partial charge in [-0.3, -0.25) is 0 Å². The van der Waals surface area contributed by atoms with Crippen molar-refractivity contribution in [3.63, 3.8) is 0 Å². The van der Waals surface area contributed by atoms with Gasteiger partial charge in [0.2, 0.25) is 0 Å². The smallest absolute Gasteiger partial charge is 0.194 e. The van der Waals surface area contributed by atoms with Gasteiger partial charge in [0.05, 0.1) is 0 Å². The van der Waals surface area contributed by atoms with Crippen LogP contribution in [0.5, 0.6) is 0 Å². The molecule has 1 aliphatic carbocycles. The molecule has 2 atom stereocenters. The summed E-state index contributed by atoms with van der Waals surface area (Å²) in [4.78, 5) is 0. The lowest BCUT2D eigenvalue weighted by molar-refractivity contribution is 0.254. The van der Waals surface area contributed by atoms with E-state index in [1.54, 1.807) is 0 Å². The second-order valence-electron chi connectivity index (χ2n) is 3.94. The van der Waals surface area contributed by atoms with Crippen LogP contribution in [0.3, 0.4) is 0 Å². The van der Waals surface area contributed by atoms with Crippen molar-refractivity contribution in [2.24, 2.45) is 11.7 Å². The predicted octanol–water partition coefficient (Wildman–Crippen LogP) is 2.56. The van der Waals surface area contributed by atoms with Crippen molar-refractivity contribution >= 4 is 0 Å². The fourth-order valence-corrected chi connectivity index (χ4v) is 2.09. The molecule has 82 valence electrons. The van der Waals surface area contributed by atoms with Crippen LogP contribution in [0.2, 0.25) is 0 Å². The van der Waals surface area contributed by atoms with Gasteiger partial charge in [-0.2, -0.15) is 0 Å². The molecule has 1 aliphatic rings. The summed E-state index contributed by atoms with van der Waals surface area (Å²) in [5.74, 6) is -3.43. The minimum atomic E-state index is -1.38. The van der Waals surface area contributed by atoms with Gasteiger partial charge in [0, 0.05) is 0 Å². The highest BCUT2D eigenvalue weighted by Crippen LogP contribution is 2.43. The molecule has 0 spiro atoms. The summed E-state index contributed by atoms with van der Waals surface area (Å²) in [6, 6.07) is 2.29. The van der Waals surface area contributed by atoms with E-state index in [1.807, 2.05) is 0 Å². The van der Waals surface area contributed by atoms with E-state index in [0.717, 1.165) is 18.9 Å². The highest BCUT2D eigenvalue weighted by Gasteiger charge is 2.33. The maximum Gasteiger partial charge on any atom is 0.194 e. The topological polar surface area (TPSA) is 26.0 Å². The van der Waals surface area contributed by atoms with Gasteiger partial charge in [-0.1, -0.05) is 6.07 Å². The molecular formula is C11H12F3N. The Kier molecular flexibility index (Phi) is 2.69. The maximum absolute atomic E-state index is 13.4. The lowest BCUT2D eigenvalue weighted by Gasteiger charge is -2.36. The molecule has 2 rings (SSSR count). The van der Waals surface area contributed by atoms with Crippen molar-refractivity contribution < 1.29 is 13.2 Å². The normalized spacial score (nSPS) is 25.1. The zero-order chi connectivity index (χ0) is 11.0. The third-order valence-corrected chi connectivity index (χ3v) is 3.18. The minimum absolute atomic E-state index is 0.0508.